The van der Waals surface area contributed by atoms with Crippen molar-refractivity contribution in [2.24, 2.45) is 4.99 Å². The van der Waals surface area contributed by atoms with Gasteiger partial charge in [0.05, 0.1) is 28.6 Å². The van der Waals surface area contributed by atoms with Gasteiger partial charge in [-0.15, -0.1) is 0 Å². The van der Waals surface area contributed by atoms with E-state index in [2.05, 4.69) is 5.32 Å². The Balaban J connectivity index is 1.57. The molecule has 0 aromatic heterocycles. The van der Waals surface area contributed by atoms with Crippen LogP contribution in [0.15, 0.2) is 83.9 Å². The number of benzene rings is 3. The fraction of sp³-hybridized carbons (Fsp3) is 0.214. The lowest BCUT2D eigenvalue weighted by molar-refractivity contribution is -0.129. The number of carbonyl (C=O) groups excluding carboxylic acids is 3. The van der Waals surface area contributed by atoms with Crippen LogP contribution in [0.5, 0.6) is 0 Å². The third-order valence-corrected chi connectivity index (χ3v) is 7.15. The molecule has 3 aromatic carbocycles. The number of amides is 2. The largest absolute Gasteiger partial charge is 0.462 e. The van der Waals surface area contributed by atoms with Crippen LogP contribution in [-0.2, 0) is 20.7 Å². The van der Waals surface area contributed by atoms with E-state index in [9.17, 15) is 14.4 Å². The van der Waals surface area contributed by atoms with E-state index in [1.165, 1.54) is 11.8 Å². The molecule has 1 heterocycles. The van der Waals surface area contributed by atoms with Crippen LogP contribution in [0, 0.1) is 0 Å². The molecule has 0 spiro atoms. The van der Waals surface area contributed by atoms with E-state index in [0.29, 0.717) is 40.1 Å². The normalized spacial score (nSPS) is 16.5. The van der Waals surface area contributed by atoms with Crippen molar-refractivity contribution in [1.29, 1.82) is 0 Å². The predicted octanol–water partition coefficient (Wildman–Crippen LogP) is 5.72. The second-order valence-corrected chi connectivity index (χ2v) is 9.80. The SMILES string of the molecule is CCOC(=O)c1ccc(N=C2S[C@H](C(=O)Nc3ccccc3Cl)CC(=O)N2CCc2ccccc2)cc1. The van der Waals surface area contributed by atoms with Crippen LogP contribution < -0.4 is 5.32 Å². The highest BCUT2D eigenvalue weighted by molar-refractivity contribution is 8.15. The van der Waals surface area contributed by atoms with E-state index in [4.69, 9.17) is 21.3 Å². The Labute approximate surface area is 224 Å². The summed E-state index contributed by atoms with van der Waals surface area (Å²) in [6, 6.07) is 23.5. The topological polar surface area (TPSA) is 88.1 Å². The van der Waals surface area contributed by atoms with Gasteiger partial charge in [0.1, 0.15) is 5.25 Å². The van der Waals surface area contributed by atoms with E-state index in [0.717, 1.165) is 5.56 Å². The van der Waals surface area contributed by atoms with Crippen molar-refractivity contribution in [2.75, 3.05) is 18.5 Å². The summed E-state index contributed by atoms with van der Waals surface area (Å²) >= 11 is 7.43. The van der Waals surface area contributed by atoms with Crippen LogP contribution in [0.1, 0.15) is 29.3 Å². The van der Waals surface area contributed by atoms with Crippen molar-refractivity contribution >= 4 is 57.7 Å². The zero-order valence-corrected chi connectivity index (χ0v) is 21.8. The molecular weight excluding hydrogens is 510 g/mol. The Morgan fingerprint density at radius 1 is 1.05 bits per heavy atom. The van der Waals surface area contributed by atoms with Gasteiger partial charge < -0.3 is 10.1 Å². The molecule has 0 bridgehead atoms. The average Bonchev–Trinajstić information content (AvgIpc) is 2.90. The number of nitrogens with one attached hydrogen (secondary N) is 1. The number of thioether (sulfide) groups is 1. The van der Waals surface area contributed by atoms with Gasteiger partial charge in [0.15, 0.2) is 5.17 Å². The van der Waals surface area contributed by atoms with E-state index >= 15 is 0 Å². The number of rotatable bonds is 8. The number of aliphatic imine (C=N–C) groups is 1. The molecule has 0 radical (unpaired) electrons. The monoisotopic (exact) mass is 535 g/mol. The molecule has 2 amide bonds. The number of amidine groups is 1. The van der Waals surface area contributed by atoms with Crippen LogP contribution in [0.25, 0.3) is 0 Å². The fourth-order valence-electron chi connectivity index (χ4n) is 3.72. The number of anilines is 1. The van der Waals surface area contributed by atoms with Crippen molar-refractivity contribution < 1.29 is 19.1 Å². The zero-order valence-electron chi connectivity index (χ0n) is 20.2. The fourth-order valence-corrected chi connectivity index (χ4v) is 5.03. The molecule has 190 valence electrons. The first-order valence-corrected chi connectivity index (χ1v) is 13.1. The van der Waals surface area contributed by atoms with Crippen molar-refractivity contribution in [3.63, 3.8) is 0 Å². The van der Waals surface area contributed by atoms with Crippen molar-refractivity contribution in [2.45, 2.75) is 25.0 Å². The Bertz CT molecular complexity index is 1300. The molecule has 9 heteroatoms. The van der Waals surface area contributed by atoms with Gasteiger partial charge >= 0.3 is 5.97 Å². The number of halogens is 1. The van der Waals surface area contributed by atoms with Crippen molar-refractivity contribution in [3.05, 3.63) is 95.0 Å². The second kappa shape index (κ2) is 12.6. The predicted molar refractivity (Wildman–Crippen MR) is 147 cm³/mol. The molecule has 1 aliphatic heterocycles. The van der Waals surface area contributed by atoms with Crippen LogP contribution in [-0.4, -0.2) is 46.3 Å². The van der Waals surface area contributed by atoms with E-state index < -0.39 is 11.2 Å². The lowest BCUT2D eigenvalue weighted by Gasteiger charge is -2.32. The van der Waals surface area contributed by atoms with Gasteiger partial charge in [-0.2, -0.15) is 0 Å². The summed E-state index contributed by atoms with van der Waals surface area (Å²) in [6.45, 7) is 2.46. The van der Waals surface area contributed by atoms with Crippen LogP contribution in [0.4, 0.5) is 11.4 Å². The maximum absolute atomic E-state index is 13.2. The lowest BCUT2D eigenvalue weighted by atomic mass is 10.1. The number of hydrogen-bond donors (Lipinski definition) is 1. The number of para-hydroxylation sites is 1. The molecule has 0 saturated carbocycles. The van der Waals surface area contributed by atoms with Crippen molar-refractivity contribution in [1.82, 2.24) is 4.90 Å². The molecule has 7 nitrogen and oxygen atoms in total. The third-order valence-electron chi connectivity index (χ3n) is 5.63. The molecule has 37 heavy (non-hydrogen) atoms. The molecule has 1 saturated heterocycles. The first kappa shape index (κ1) is 26.4. The van der Waals surface area contributed by atoms with E-state index in [1.54, 1.807) is 60.4 Å². The maximum atomic E-state index is 13.2. The number of carbonyl (C=O) groups is 3. The quantitative estimate of drug-likeness (QED) is 0.373. The summed E-state index contributed by atoms with van der Waals surface area (Å²) in [5, 5.41) is 2.99. The third kappa shape index (κ3) is 6.99. The smallest absolute Gasteiger partial charge is 0.338 e. The average molecular weight is 536 g/mol. The Morgan fingerprint density at radius 3 is 2.46 bits per heavy atom. The molecule has 0 unspecified atom stereocenters. The first-order chi connectivity index (χ1) is 17.9. The molecule has 1 atom stereocenters. The van der Waals surface area contributed by atoms with Crippen LogP contribution in [0.2, 0.25) is 5.02 Å². The number of nitrogens with zero attached hydrogens (tertiary/aromatic N) is 2. The highest BCUT2D eigenvalue weighted by Crippen LogP contribution is 2.31. The molecule has 0 aliphatic carbocycles. The summed E-state index contributed by atoms with van der Waals surface area (Å²) in [4.78, 5) is 44.6. The molecule has 1 aliphatic rings. The van der Waals surface area contributed by atoms with Crippen LogP contribution >= 0.6 is 23.4 Å². The first-order valence-electron chi connectivity index (χ1n) is 11.9. The number of hydrogen-bond acceptors (Lipinski definition) is 6. The highest BCUT2D eigenvalue weighted by Gasteiger charge is 2.36. The zero-order chi connectivity index (χ0) is 26.2. The summed E-state index contributed by atoms with van der Waals surface area (Å²) in [6.07, 6.45) is 0.682. The van der Waals surface area contributed by atoms with Gasteiger partial charge in [0.2, 0.25) is 11.8 Å². The molecule has 3 aromatic rings. The molecule has 4 rings (SSSR count). The van der Waals surface area contributed by atoms with Gasteiger partial charge in [-0.25, -0.2) is 9.79 Å². The summed E-state index contributed by atoms with van der Waals surface area (Å²) in [5.74, 6) is -0.917. The minimum atomic E-state index is -0.672. The van der Waals surface area contributed by atoms with Crippen molar-refractivity contribution in [3.8, 4) is 0 Å². The maximum Gasteiger partial charge on any atom is 0.338 e. The summed E-state index contributed by atoms with van der Waals surface area (Å²) < 4.78 is 5.03. The second-order valence-electron chi connectivity index (χ2n) is 8.22. The van der Waals surface area contributed by atoms with Gasteiger partial charge in [0.25, 0.3) is 0 Å². The van der Waals surface area contributed by atoms with E-state index in [1.807, 2.05) is 30.3 Å². The minimum absolute atomic E-state index is 0.0383. The Morgan fingerprint density at radius 2 is 1.76 bits per heavy atom. The lowest BCUT2D eigenvalue weighted by Crippen LogP contribution is -2.46. The minimum Gasteiger partial charge on any atom is -0.462 e. The molecule has 1 N–H and O–H groups in total. The Kier molecular flexibility index (Phi) is 8.98. The van der Waals surface area contributed by atoms with Gasteiger partial charge in [-0.05, 0) is 55.3 Å². The van der Waals surface area contributed by atoms with E-state index in [-0.39, 0.29) is 24.8 Å². The summed E-state index contributed by atoms with van der Waals surface area (Å²) in [5.41, 5.74) is 2.55. The number of ether oxygens (including phenoxy) is 1. The number of esters is 1. The van der Waals surface area contributed by atoms with Gasteiger partial charge in [-0.3, -0.25) is 14.5 Å². The Hall–Kier alpha value is -3.62. The van der Waals surface area contributed by atoms with Gasteiger partial charge in [0, 0.05) is 13.0 Å². The standard InChI is InChI=1S/C28H26ClN3O4S/c1-2-36-27(35)20-12-14-21(15-13-20)30-28-32(17-16-19-8-4-3-5-9-19)25(33)18-24(37-28)26(34)31-23-11-7-6-10-22(23)29/h3-15,24H,2,16-18H2,1H3,(H,31,34)/t24-/m0/s1. The van der Waals surface area contributed by atoms with Crippen LogP contribution in [0.3, 0.4) is 0 Å². The van der Waals surface area contributed by atoms with Gasteiger partial charge in [-0.1, -0.05) is 65.8 Å². The molecular formula is C28H26ClN3O4S. The highest BCUT2D eigenvalue weighted by atomic mass is 35.5. The summed E-state index contributed by atoms with van der Waals surface area (Å²) in [7, 11) is 0. The molecule has 1 fully saturated rings.